The van der Waals surface area contributed by atoms with Crippen molar-refractivity contribution in [1.82, 2.24) is 14.4 Å². The summed E-state index contributed by atoms with van der Waals surface area (Å²) in [5, 5.41) is 0. The van der Waals surface area contributed by atoms with E-state index in [0.717, 1.165) is 18.5 Å². The average molecular weight is 387 g/mol. The first-order chi connectivity index (χ1) is 13.2. The van der Waals surface area contributed by atoms with Crippen molar-refractivity contribution in [3.8, 4) is 0 Å². The van der Waals surface area contributed by atoms with Crippen molar-refractivity contribution in [2.45, 2.75) is 64.1 Å². The van der Waals surface area contributed by atoms with Gasteiger partial charge in [-0.2, -0.15) is 0 Å². The van der Waals surface area contributed by atoms with E-state index in [-0.39, 0.29) is 23.3 Å². The summed E-state index contributed by atoms with van der Waals surface area (Å²) in [4.78, 5) is 41.5. The van der Waals surface area contributed by atoms with Gasteiger partial charge in [-0.3, -0.25) is 14.5 Å². The summed E-state index contributed by atoms with van der Waals surface area (Å²) >= 11 is 0. The molecule has 1 aromatic heterocycles. The second-order valence-electron chi connectivity index (χ2n) is 9.27. The monoisotopic (exact) mass is 387 g/mol. The third kappa shape index (κ3) is 3.54. The smallest absolute Gasteiger partial charge is 0.410 e. The number of fused-ring (bicyclic) bond motifs is 4. The van der Waals surface area contributed by atoms with Crippen LogP contribution in [0.5, 0.6) is 0 Å². The van der Waals surface area contributed by atoms with Crippen molar-refractivity contribution in [1.29, 1.82) is 0 Å². The summed E-state index contributed by atoms with van der Waals surface area (Å²) in [6.45, 7) is 7.99. The summed E-state index contributed by atoms with van der Waals surface area (Å²) < 4.78 is 7.37. The first-order valence-corrected chi connectivity index (χ1v) is 10.2. The Hall–Kier alpha value is -2.31. The molecule has 152 valence electrons. The van der Waals surface area contributed by atoms with Crippen LogP contribution in [-0.4, -0.2) is 57.6 Å². The molecule has 2 bridgehead atoms. The minimum atomic E-state index is -0.577. The molecule has 1 unspecified atom stereocenters. The maximum atomic E-state index is 13.3. The number of amides is 2. The van der Waals surface area contributed by atoms with Crippen LogP contribution in [0.15, 0.2) is 23.0 Å². The lowest BCUT2D eigenvalue weighted by molar-refractivity contribution is -0.138. The van der Waals surface area contributed by atoms with Gasteiger partial charge in [-0.25, -0.2) is 4.79 Å². The molecule has 0 radical (unpaired) electrons. The number of ether oxygens (including phenoxy) is 1. The molecule has 28 heavy (non-hydrogen) atoms. The largest absolute Gasteiger partial charge is 0.444 e. The van der Waals surface area contributed by atoms with Gasteiger partial charge in [0.25, 0.3) is 5.56 Å². The number of rotatable bonds is 1. The molecule has 3 aliphatic heterocycles. The van der Waals surface area contributed by atoms with E-state index in [1.165, 1.54) is 0 Å². The second kappa shape index (κ2) is 6.94. The maximum absolute atomic E-state index is 13.3. The van der Waals surface area contributed by atoms with Gasteiger partial charge in [0.15, 0.2) is 0 Å². The van der Waals surface area contributed by atoms with Crippen molar-refractivity contribution in [2.75, 3.05) is 19.6 Å². The number of likely N-dealkylation sites (tertiary alicyclic amines) is 2. The Bertz CT molecular complexity index is 841. The summed E-state index contributed by atoms with van der Waals surface area (Å²) in [7, 11) is 0. The van der Waals surface area contributed by atoms with Crippen LogP contribution in [0.25, 0.3) is 0 Å². The number of pyridine rings is 1. The van der Waals surface area contributed by atoms with Crippen LogP contribution in [0.4, 0.5) is 4.79 Å². The zero-order valence-electron chi connectivity index (χ0n) is 16.9. The Balaban J connectivity index is 1.50. The number of piperidine rings is 1. The van der Waals surface area contributed by atoms with Crippen LogP contribution in [0.3, 0.4) is 0 Å². The van der Waals surface area contributed by atoms with Gasteiger partial charge < -0.3 is 14.2 Å². The lowest BCUT2D eigenvalue weighted by Crippen LogP contribution is -2.54. The summed E-state index contributed by atoms with van der Waals surface area (Å²) in [6.07, 6.45) is 2.10. The second-order valence-corrected chi connectivity index (χ2v) is 9.27. The third-order valence-corrected chi connectivity index (χ3v) is 5.96. The van der Waals surface area contributed by atoms with E-state index >= 15 is 0 Å². The van der Waals surface area contributed by atoms with Gasteiger partial charge in [0, 0.05) is 43.9 Å². The van der Waals surface area contributed by atoms with Gasteiger partial charge in [-0.1, -0.05) is 6.07 Å². The molecule has 0 aliphatic carbocycles. The number of hydrogen-bond donors (Lipinski definition) is 0. The zero-order chi connectivity index (χ0) is 20.1. The number of aromatic nitrogens is 1. The van der Waals surface area contributed by atoms with E-state index in [1.54, 1.807) is 17.0 Å². The van der Waals surface area contributed by atoms with Gasteiger partial charge >= 0.3 is 6.09 Å². The van der Waals surface area contributed by atoms with Crippen molar-refractivity contribution in [2.24, 2.45) is 5.92 Å². The van der Waals surface area contributed by atoms with Crippen LogP contribution >= 0.6 is 0 Å². The highest BCUT2D eigenvalue weighted by atomic mass is 16.6. The predicted molar refractivity (Wildman–Crippen MR) is 104 cm³/mol. The summed E-state index contributed by atoms with van der Waals surface area (Å²) in [5.74, 6) is 0.484. The Morgan fingerprint density at radius 2 is 1.93 bits per heavy atom. The van der Waals surface area contributed by atoms with Crippen molar-refractivity contribution in [3.05, 3.63) is 34.2 Å². The van der Waals surface area contributed by atoms with Gasteiger partial charge in [0.1, 0.15) is 11.6 Å². The normalized spacial score (nSPS) is 26.8. The van der Waals surface area contributed by atoms with Crippen LogP contribution in [0, 0.1) is 5.92 Å². The number of hydrogen-bond acceptors (Lipinski definition) is 4. The van der Waals surface area contributed by atoms with Crippen molar-refractivity contribution >= 4 is 12.0 Å². The Labute approximate surface area is 165 Å². The molecule has 3 atom stereocenters. The zero-order valence-corrected chi connectivity index (χ0v) is 16.9. The van der Waals surface area contributed by atoms with Crippen molar-refractivity contribution < 1.29 is 14.3 Å². The van der Waals surface area contributed by atoms with Crippen LogP contribution in [0.1, 0.15) is 51.6 Å². The average Bonchev–Trinajstić information content (AvgIpc) is 3.10. The maximum Gasteiger partial charge on any atom is 0.410 e. The van der Waals surface area contributed by atoms with Crippen LogP contribution in [0.2, 0.25) is 0 Å². The van der Waals surface area contributed by atoms with E-state index < -0.39 is 17.7 Å². The number of carbonyl (C=O) groups is 2. The van der Waals surface area contributed by atoms with E-state index in [0.29, 0.717) is 32.6 Å². The Morgan fingerprint density at radius 3 is 2.68 bits per heavy atom. The van der Waals surface area contributed by atoms with Gasteiger partial charge in [-0.15, -0.1) is 0 Å². The van der Waals surface area contributed by atoms with Gasteiger partial charge in [-0.05, 0) is 52.0 Å². The minimum absolute atomic E-state index is 0.0183. The van der Waals surface area contributed by atoms with E-state index in [1.807, 2.05) is 36.3 Å². The molecule has 0 N–H and O–H groups in total. The molecule has 7 nitrogen and oxygen atoms in total. The molecule has 4 heterocycles. The topological polar surface area (TPSA) is 71.8 Å². The quantitative estimate of drug-likeness (QED) is 0.741. The molecular formula is C21H29N3O4. The fraction of sp³-hybridized carbons (Fsp3) is 0.667. The van der Waals surface area contributed by atoms with E-state index in [4.69, 9.17) is 4.74 Å². The SMILES string of the molecule is CC(C)(C)OC(=O)N1CCC[C@H]1C(=O)N1CC2C[C@H](C1)c1cccc(=O)n1C2. The van der Waals surface area contributed by atoms with Crippen molar-refractivity contribution in [3.63, 3.8) is 0 Å². The van der Waals surface area contributed by atoms with E-state index in [2.05, 4.69) is 0 Å². The fourth-order valence-corrected chi connectivity index (χ4v) is 4.85. The molecule has 0 saturated carbocycles. The molecule has 0 aromatic carbocycles. The highest BCUT2D eigenvalue weighted by Crippen LogP contribution is 2.36. The molecule has 2 fully saturated rings. The molecule has 2 saturated heterocycles. The molecule has 2 amide bonds. The molecule has 3 aliphatic rings. The molecule has 0 spiro atoms. The molecule has 7 heteroatoms. The molecule has 4 rings (SSSR count). The first-order valence-electron chi connectivity index (χ1n) is 10.2. The Morgan fingerprint density at radius 1 is 1.14 bits per heavy atom. The van der Waals surface area contributed by atoms with E-state index in [9.17, 15) is 14.4 Å². The molecular weight excluding hydrogens is 358 g/mol. The van der Waals surface area contributed by atoms with Gasteiger partial charge in [0.2, 0.25) is 5.91 Å². The van der Waals surface area contributed by atoms with Crippen LogP contribution < -0.4 is 5.56 Å². The number of nitrogens with zero attached hydrogens (tertiary/aromatic N) is 3. The standard InChI is InChI=1S/C21H29N3O4/c1-21(2,3)28-20(27)23-9-5-7-17(23)19(26)22-11-14-10-15(13-22)16-6-4-8-18(25)24(16)12-14/h4,6,8,14-15,17H,5,7,9-13H2,1-3H3/t14?,15-,17+/m1/s1. The fourth-order valence-electron chi connectivity index (χ4n) is 4.85. The van der Waals surface area contributed by atoms with Crippen LogP contribution in [-0.2, 0) is 16.1 Å². The lowest BCUT2D eigenvalue weighted by Gasteiger charge is -2.44. The first kappa shape index (κ1) is 19.0. The van der Waals surface area contributed by atoms with Gasteiger partial charge in [0.05, 0.1) is 0 Å². The predicted octanol–water partition coefficient (Wildman–Crippen LogP) is 2.19. The highest BCUT2D eigenvalue weighted by Gasteiger charge is 2.42. The minimum Gasteiger partial charge on any atom is -0.444 e. The highest BCUT2D eigenvalue weighted by molar-refractivity contribution is 5.86. The third-order valence-electron chi connectivity index (χ3n) is 5.96. The Kier molecular flexibility index (Phi) is 4.71. The summed E-state index contributed by atoms with van der Waals surface area (Å²) in [6, 6.07) is 4.96. The lowest BCUT2D eigenvalue weighted by atomic mass is 9.83. The summed E-state index contributed by atoms with van der Waals surface area (Å²) in [5.41, 5.74) is 0.488. The number of carbonyl (C=O) groups excluding carboxylic acids is 2. The molecule has 1 aromatic rings.